The highest BCUT2D eigenvalue weighted by Crippen LogP contribution is 2.22. The lowest BCUT2D eigenvalue weighted by atomic mass is 10.1. The number of carbonyl (C=O) groups excluding carboxylic acids is 1. The van der Waals surface area contributed by atoms with E-state index >= 15 is 0 Å². The first kappa shape index (κ1) is 24.0. The zero-order valence-electron chi connectivity index (χ0n) is 19.6. The Morgan fingerprint density at radius 2 is 1.83 bits per heavy atom. The Bertz CT molecular complexity index is 1420. The van der Waals surface area contributed by atoms with Gasteiger partial charge >= 0.3 is 5.69 Å². The van der Waals surface area contributed by atoms with Crippen LogP contribution in [0.3, 0.4) is 0 Å². The maximum atomic E-state index is 13.4. The summed E-state index contributed by atoms with van der Waals surface area (Å²) < 4.78 is 6.42. The second-order valence-electron chi connectivity index (χ2n) is 8.32. The SMILES string of the molecule is COCCCN(C(=O)CCc1c[nH]c2ccccc12)c1c(N)n(Cc2ccccc2)c(=O)[nH]c1=O. The van der Waals surface area contributed by atoms with Gasteiger partial charge in [0.15, 0.2) is 5.69 Å². The summed E-state index contributed by atoms with van der Waals surface area (Å²) in [6, 6.07) is 17.2. The lowest BCUT2D eigenvalue weighted by Gasteiger charge is -2.24. The molecule has 0 saturated heterocycles. The number of benzene rings is 2. The third-order valence-corrected chi connectivity index (χ3v) is 5.98. The molecule has 2 aromatic carbocycles. The lowest BCUT2D eigenvalue weighted by molar-refractivity contribution is -0.118. The molecule has 9 nitrogen and oxygen atoms in total. The molecule has 0 atom stereocenters. The first-order valence-electron chi connectivity index (χ1n) is 11.5. The number of nitrogen functional groups attached to an aromatic ring is 1. The number of H-pyrrole nitrogens is 2. The van der Waals surface area contributed by atoms with Gasteiger partial charge in [-0.05, 0) is 30.0 Å². The third kappa shape index (κ3) is 5.36. The van der Waals surface area contributed by atoms with Gasteiger partial charge in [-0.3, -0.25) is 19.1 Å². The van der Waals surface area contributed by atoms with Crippen molar-refractivity contribution < 1.29 is 9.53 Å². The number of para-hydroxylation sites is 1. The van der Waals surface area contributed by atoms with Crippen LogP contribution in [0.25, 0.3) is 10.9 Å². The molecule has 9 heteroatoms. The highest BCUT2D eigenvalue weighted by molar-refractivity contribution is 5.96. The second kappa shape index (κ2) is 10.9. The van der Waals surface area contributed by atoms with Crippen LogP contribution in [0.15, 0.2) is 70.4 Å². The van der Waals surface area contributed by atoms with Crippen molar-refractivity contribution in [2.45, 2.75) is 25.8 Å². The maximum Gasteiger partial charge on any atom is 0.330 e. The Hall–Kier alpha value is -4.11. The van der Waals surface area contributed by atoms with Crippen molar-refractivity contribution >= 4 is 28.3 Å². The molecular weight excluding hydrogens is 446 g/mol. The van der Waals surface area contributed by atoms with E-state index in [4.69, 9.17) is 10.5 Å². The average Bonchev–Trinajstić information content (AvgIpc) is 3.28. The maximum absolute atomic E-state index is 13.4. The van der Waals surface area contributed by atoms with Crippen LogP contribution < -0.4 is 21.9 Å². The normalized spacial score (nSPS) is 11.1. The minimum absolute atomic E-state index is 0.0134. The second-order valence-corrected chi connectivity index (χ2v) is 8.32. The predicted molar refractivity (Wildman–Crippen MR) is 137 cm³/mol. The fraction of sp³-hybridized carbons (Fsp3) is 0.269. The predicted octanol–water partition coefficient (Wildman–Crippen LogP) is 2.65. The number of nitrogens with zero attached hydrogens (tertiary/aromatic N) is 2. The first-order chi connectivity index (χ1) is 17.0. The van der Waals surface area contributed by atoms with Crippen LogP contribution in [-0.2, 0) is 22.5 Å². The number of nitrogens with one attached hydrogen (secondary N) is 2. The Balaban J connectivity index is 1.64. The summed E-state index contributed by atoms with van der Waals surface area (Å²) in [7, 11) is 1.57. The van der Waals surface area contributed by atoms with Crippen LogP contribution in [0.2, 0.25) is 0 Å². The molecule has 0 bridgehead atoms. The van der Waals surface area contributed by atoms with Crippen molar-refractivity contribution in [1.29, 1.82) is 0 Å². The molecule has 0 radical (unpaired) electrons. The number of ether oxygens (including phenoxy) is 1. The van der Waals surface area contributed by atoms with Crippen molar-refractivity contribution in [1.82, 2.24) is 14.5 Å². The number of hydrogen-bond donors (Lipinski definition) is 3. The molecule has 2 heterocycles. The van der Waals surface area contributed by atoms with Gasteiger partial charge in [0.05, 0.1) is 6.54 Å². The van der Waals surface area contributed by atoms with Crippen LogP contribution in [0, 0.1) is 0 Å². The molecule has 0 fully saturated rings. The molecule has 0 saturated carbocycles. The summed E-state index contributed by atoms with van der Waals surface area (Å²) in [6.07, 6.45) is 3.07. The van der Waals surface area contributed by atoms with Crippen molar-refractivity contribution in [2.24, 2.45) is 0 Å². The fourth-order valence-corrected chi connectivity index (χ4v) is 4.20. The number of nitrogens with two attached hydrogens (primary N) is 1. The van der Waals surface area contributed by atoms with Gasteiger partial charge in [-0.25, -0.2) is 4.79 Å². The molecular formula is C26H29N5O4. The standard InChI is InChI=1S/C26H29N5O4/c1-35-15-7-14-30(22(32)13-12-19-16-28-21-11-6-5-10-20(19)21)23-24(27)31(26(34)29-25(23)33)17-18-8-3-2-4-9-18/h2-6,8-11,16,28H,7,12-15,17,27H2,1H3,(H,29,33,34). The fourth-order valence-electron chi connectivity index (χ4n) is 4.20. The van der Waals surface area contributed by atoms with Gasteiger partial charge in [-0.15, -0.1) is 0 Å². The molecule has 4 N–H and O–H groups in total. The number of aryl methyl sites for hydroxylation is 1. The number of carbonyl (C=O) groups is 1. The molecule has 2 aromatic heterocycles. The Labute approximate surface area is 202 Å². The molecule has 182 valence electrons. The van der Waals surface area contributed by atoms with E-state index < -0.39 is 11.2 Å². The highest BCUT2D eigenvalue weighted by Gasteiger charge is 2.24. The molecule has 1 amide bonds. The number of hydrogen-bond acceptors (Lipinski definition) is 5. The van der Waals surface area contributed by atoms with E-state index in [1.807, 2.05) is 60.8 Å². The average molecular weight is 476 g/mol. The summed E-state index contributed by atoms with van der Waals surface area (Å²) in [5.41, 5.74) is 7.89. The summed E-state index contributed by atoms with van der Waals surface area (Å²) in [5.74, 6) is -0.297. The van der Waals surface area contributed by atoms with E-state index in [1.54, 1.807) is 7.11 Å². The van der Waals surface area contributed by atoms with Gasteiger partial charge in [0, 0.05) is 43.8 Å². The van der Waals surface area contributed by atoms with Crippen LogP contribution >= 0.6 is 0 Å². The number of amides is 1. The Morgan fingerprint density at radius 1 is 1.09 bits per heavy atom. The zero-order chi connectivity index (χ0) is 24.8. The molecule has 0 spiro atoms. The van der Waals surface area contributed by atoms with Crippen LogP contribution in [0.5, 0.6) is 0 Å². The Morgan fingerprint density at radius 3 is 2.60 bits per heavy atom. The molecule has 0 unspecified atom stereocenters. The minimum atomic E-state index is -0.685. The van der Waals surface area contributed by atoms with Crippen LogP contribution in [-0.4, -0.2) is 40.7 Å². The number of aromatic amines is 2. The van der Waals surface area contributed by atoms with Crippen molar-refractivity contribution in [2.75, 3.05) is 30.9 Å². The monoisotopic (exact) mass is 475 g/mol. The lowest BCUT2D eigenvalue weighted by Crippen LogP contribution is -2.42. The summed E-state index contributed by atoms with van der Waals surface area (Å²) in [5, 5.41) is 1.06. The molecule has 35 heavy (non-hydrogen) atoms. The quantitative estimate of drug-likeness (QED) is 0.304. The van der Waals surface area contributed by atoms with Crippen molar-refractivity contribution in [3.8, 4) is 0 Å². The summed E-state index contributed by atoms with van der Waals surface area (Å²) >= 11 is 0. The molecule has 4 rings (SSSR count). The Kier molecular flexibility index (Phi) is 7.47. The first-order valence-corrected chi connectivity index (χ1v) is 11.5. The molecule has 0 aliphatic heterocycles. The van der Waals surface area contributed by atoms with Crippen molar-refractivity contribution in [3.63, 3.8) is 0 Å². The third-order valence-electron chi connectivity index (χ3n) is 5.98. The number of rotatable bonds is 10. The van der Waals surface area contributed by atoms with Gasteiger partial charge in [0.25, 0.3) is 5.56 Å². The van der Waals surface area contributed by atoms with Gasteiger partial charge in [0.2, 0.25) is 5.91 Å². The summed E-state index contributed by atoms with van der Waals surface area (Å²) in [4.78, 5) is 45.8. The van der Waals surface area contributed by atoms with Gasteiger partial charge in [0.1, 0.15) is 5.82 Å². The zero-order valence-corrected chi connectivity index (χ0v) is 19.6. The van der Waals surface area contributed by atoms with E-state index in [0.29, 0.717) is 19.4 Å². The number of fused-ring (bicyclic) bond motifs is 1. The van der Waals surface area contributed by atoms with E-state index in [1.165, 1.54) is 9.47 Å². The van der Waals surface area contributed by atoms with Crippen LogP contribution in [0.4, 0.5) is 11.5 Å². The summed E-state index contributed by atoms with van der Waals surface area (Å²) in [6.45, 7) is 0.815. The van der Waals surface area contributed by atoms with E-state index in [-0.39, 0.29) is 36.9 Å². The molecule has 0 aliphatic carbocycles. The number of methoxy groups -OCH3 is 1. The molecule has 4 aromatic rings. The van der Waals surface area contributed by atoms with Gasteiger partial charge < -0.3 is 20.4 Å². The van der Waals surface area contributed by atoms with E-state index in [0.717, 1.165) is 22.0 Å². The van der Waals surface area contributed by atoms with E-state index in [9.17, 15) is 14.4 Å². The topological polar surface area (TPSA) is 126 Å². The van der Waals surface area contributed by atoms with Crippen molar-refractivity contribution in [3.05, 3.63) is 92.8 Å². The number of anilines is 2. The van der Waals surface area contributed by atoms with Crippen LogP contribution in [0.1, 0.15) is 24.0 Å². The molecule has 0 aliphatic rings. The minimum Gasteiger partial charge on any atom is -0.385 e. The van der Waals surface area contributed by atoms with Gasteiger partial charge in [-0.1, -0.05) is 48.5 Å². The van der Waals surface area contributed by atoms with E-state index in [2.05, 4.69) is 9.97 Å². The largest absolute Gasteiger partial charge is 0.385 e. The highest BCUT2D eigenvalue weighted by atomic mass is 16.5. The number of aromatic nitrogens is 3. The smallest absolute Gasteiger partial charge is 0.330 e. The van der Waals surface area contributed by atoms with Gasteiger partial charge in [-0.2, -0.15) is 0 Å².